The van der Waals surface area contributed by atoms with Crippen molar-refractivity contribution in [2.24, 2.45) is 0 Å². The molecule has 1 aromatic heterocycles. The van der Waals surface area contributed by atoms with Crippen LogP contribution in [0.5, 0.6) is 5.75 Å². The predicted octanol–water partition coefficient (Wildman–Crippen LogP) is 7.08. The molecule has 204 valence electrons. The molecule has 0 saturated heterocycles. The Labute approximate surface area is 236 Å². The number of aryl methyl sites for hydroxylation is 4. The number of carbonyl (C=O) groups is 1. The maximum atomic E-state index is 12.6. The van der Waals surface area contributed by atoms with Gasteiger partial charge in [-0.25, -0.2) is 4.98 Å². The van der Waals surface area contributed by atoms with Gasteiger partial charge in [-0.1, -0.05) is 72.8 Å². The largest absolute Gasteiger partial charge is 0.494 e. The molecule has 5 aromatic rings. The highest BCUT2D eigenvalue weighted by molar-refractivity contribution is 5.79. The molecule has 0 aliphatic carbocycles. The lowest BCUT2D eigenvalue weighted by molar-refractivity contribution is -0.120. The molecule has 0 aliphatic rings. The van der Waals surface area contributed by atoms with E-state index in [1.165, 1.54) is 16.7 Å². The zero-order valence-electron chi connectivity index (χ0n) is 23.4. The third kappa shape index (κ3) is 6.97. The first-order chi connectivity index (χ1) is 19.6. The Hall–Kier alpha value is -4.38. The van der Waals surface area contributed by atoms with Gasteiger partial charge in [-0.2, -0.15) is 0 Å². The molecule has 4 aromatic carbocycles. The molecule has 1 amide bonds. The fourth-order valence-corrected chi connectivity index (χ4v) is 4.95. The van der Waals surface area contributed by atoms with Gasteiger partial charge in [-0.15, -0.1) is 0 Å². The van der Waals surface area contributed by atoms with Gasteiger partial charge in [0.05, 0.1) is 24.1 Å². The van der Waals surface area contributed by atoms with Crippen LogP contribution in [0.2, 0.25) is 0 Å². The SMILES string of the molecule is Cc1ccc(OCCCn2c(CCCNC(=O)Cc3ccc(-c4ccccc4)cc3)nc3ccccc32)cc1C. The lowest BCUT2D eigenvalue weighted by Gasteiger charge is -2.12. The molecule has 0 aliphatic heterocycles. The molecule has 5 heteroatoms. The monoisotopic (exact) mass is 531 g/mol. The van der Waals surface area contributed by atoms with Crippen molar-refractivity contribution >= 4 is 16.9 Å². The summed E-state index contributed by atoms with van der Waals surface area (Å²) in [6, 6.07) is 33.0. The molecule has 1 N–H and O–H groups in total. The van der Waals surface area contributed by atoms with Gasteiger partial charge < -0.3 is 14.6 Å². The summed E-state index contributed by atoms with van der Waals surface area (Å²) in [5.41, 5.74) is 8.02. The first kappa shape index (κ1) is 27.2. The number of imidazole rings is 1. The Morgan fingerprint density at radius 3 is 2.38 bits per heavy atom. The molecule has 0 radical (unpaired) electrons. The van der Waals surface area contributed by atoms with Crippen LogP contribution in [0.3, 0.4) is 0 Å². The average molecular weight is 532 g/mol. The fourth-order valence-electron chi connectivity index (χ4n) is 4.95. The third-order valence-electron chi connectivity index (χ3n) is 7.33. The van der Waals surface area contributed by atoms with Gasteiger partial charge in [0.2, 0.25) is 5.91 Å². The number of carbonyl (C=O) groups excluding carboxylic acids is 1. The van der Waals surface area contributed by atoms with Gasteiger partial charge in [-0.3, -0.25) is 4.79 Å². The fraction of sp³-hybridized carbons (Fsp3) is 0.257. The van der Waals surface area contributed by atoms with Crippen molar-refractivity contribution in [2.75, 3.05) is 13.2 Å². The number of benzene rings is 4. The molecule has 0 atom stereocenters. The van der Waals surface area contributed by atoms with Crippen LogP contribution < -0.4 is 10.1 Å². The quantitative estimate of drug-likeness (QED) is 0.175. The van der Waals surface area contributed by atoms with Gasteiger partial charge in [0.25, 0.3) is 0 Å². The molecule has 0 bridgehead atoms. The first-order valence-corrected chi connectivity index (χ1v) is 14.1. The Morgan fingerprint density at radius 2 is 1.57 bits per heavy atom. The normalized spacial score (nSPS) is 11.1. The highest BCUT2D eigenvalue weighted by Crippen LogP contribution is 2.21. The first-order valence-electron chi connectivity index (χ1n) is 14.1. The lowest BCUT2D eigenvalue weighted by Crippen LogP contribution is -2.26. The Bertz CT molecular complexity index is 1560. The van der Waals surface area contributed by atoms with Gasteiger partial charge in [-0.05, 0) is 78.8 Å². The summed E-state index contributed by atoms with van der Waals surface area (Å²) < 4.78 is 8.31. The summed E-state index contributed by atoms with van der Waals surface area (Å²) in [5, 5.41) is 3.08. The van der Waals surface area contributed by atoms with Crippen molar-refractivity contribution in [1.29, 1.82) is 0 Å². The number of fused-ring (bicyclic) bond motifs is 1. The number of para-hydroxylation sites is 2. The highest BCUT2D eigenvalue weighted by Gasteiger charge is 2.11. The van der Waals surface area contributed by atoms with E-state index in [1.807, 2.05) is 42.5 Å². The molecule has 5 rings (SSSR count). The van der Waals surface area contributed by atoms with Crippen molar-refractivity contribution < 1.29 is 9.53 Å². The minimum Gasteiger partial charge on any atom is -0.494 e. The number of ether oxygens (including phenoxy) is 1. The van der Waals surface area contributed by atoms with E-state index in [4.69, 9.17) is 9.72 Å². The molecule has 0 unspecified atom stereocenters. The zero-order chi connectivity index (χ0) is 27.7. The Kier molecular flexibility index (Phi) is 8.92. The van der Waals surface area contributed by atoms with Crippen LogP contribution in [0.1, 0.15) is 35.4 Å². The van der Waals surface area contributed by atoms with Gasteiger partial charge in [0.1, 0.15) is 11.6 Å². The van der Waals surface area contributed by atoms with Crippen LogP contribution in [0.25, 0.3) is 22.2 Å². The van der Waals surface area contributed by atoms with Crippen LogP contribution in [0.4, 0.5) is 0 Å². The second-order valence-corrected chi connectivity index (χ2v) is 10.3. The van der Waals surface area contributed by atoms with Crippen molar-refractivity contribution in [2.45, 2.75) is 46.1 Å². The van der Waals surface area contributed by atoms with E-state index < -0.39 is 0 Å². The molecule has 5 nitrogen and oxygen atoms in total. The van der Waals surface area contributed by atoms with Crippen LogP contribution >= 0.6 is 0 Å². The maximum Gasteiger partial charge on any atom is 0.224 e. The van der Waals surface area contributed by atoms with E-state index in [2.05, 4.69) is 78.3 Å². The van der Waals surface area contributed by atoms with Crippen molar-refractivity contribution in [3.8, 4) is 16.9 Å². The average Bonchev–Trinajstić information content (AvgIpc) is 3.33. The van der Waals surface area contributed by atoms with Crippen molar-refractivity contribution in [3.63, 3.8) is 0 Å². The summed E-state index contributed by atoms with van der Waals surface area (Å²) in [5.74, 6) is 2.02. The van der Waals surface area contributed by atoms with Gasteiger partial charge in [0, 0.05) is 19.5 Å². The molecule has 40 heavy (non-hydrogen) atoms. The minimum atomic E-state index is 0.0458. The minimum absolute atomic E-state index is 0.0458. The number of hydrogen-bond donors (Lipinski definition) is 1. The van der Waals surface area contributed by atoms with Crippen LogP contribution in [0, 0.1) is 13.8 Å². The zero-order valence-corrected chi connectivity index (χ0v) is 23.4. The summed E-state index contributed by atoms with van der Waals surface area (Å²) in [7, 11) is 0. The standard InChI is InChI=1S/C35H37N3O2/c1-26-15-20-31(24-27(26)2)40-23-9-22-38-33-13-7-6-12-32(33)37-34(38)14-8-21-36-35(39)25-28-16-18-30(19-17-28)29-10-4-3-5-11-29/h3-7,10-13,15-20,24H,8-9,14,21-23,25H2,1-2H3,(H,36,39). The van der Waals surface area contributed by atoms with E-state index in [-0.39, 0.29) is 5.91 Å². The number of nitrogens with zero attached hydrogens (tertiary/aromatic N) is 2. The van der Waals surface area contributed by atoms with E-state index >= 15 is 0 Å². The Balaban J connectivity index is 1.10. The summed E-state index contributed by atoms with van der Waals surface area (Å²) in [4.78, 5) is 17.5. The lowest BCUT2D eigenvalue weighted by atomic mass is 10.0. The number of rotatable bonds is 12. The van der Waals surface area contributed by atoms with E-state index in [0.717, 1.165) is 59.5 Å². The second kappa shape index (κ2) is 13.1. The van der Waals surface area contributed by atoms with Crippen LogP contribution in [-0.4, -0.2) is 28.6 Å². The van der Waals surface area contributed by atoms with Crippen molar-refractivity contribution in [1.82, 2.24) is 14.9 Å². The van der Waals surface area contributed by atoms with E-state index in [0.29, 0.717) is 19.6 Å². The highest BCUT2D eigenvalue weighted by atomic mass is 16.5. The molecule has 1 heterocycles. The van der Waals surface area contributed by atoms with Crippen molar-refractivity contribution in [3.05, 3.63) is 120 Å². The summed E-state index contributed by atoms with van der Waals surface area (Å²) in [6.45, 7) is 6.33. The third-order valence-corrected chi connectivity index (χ3v) is 7.33. The number of nitrogens with one attached hydrogen (secondary N) is 1. The second-order valence-electron chi connectivity index (χ2n) is 10.3. The summed E-state index contributed by atoms with van der Waals surface area (Å²) >= 11 is 0. The van der Waals surface area contributed by atoms with Crippen LogP contribution in [-0.2, 0) is 24.2 Å². The maximum absolute atomic E-state index is 12.6. The number of amides is 1. The molecular weight excluding hydrogens is 494 g/mol. The molecule has 0 fully saturated rings. The number of hydrogen-bond acceptors (Lipinski definition) is 3. The smallest absolute Gasteiger partial charge is 0.224 e. The number of aromatic nitrogens is 2. The van der Waals surface area contributed by atoms with Crippen LogP contribution in [0.15, 0.2) is 97.1 Å². The molecule has 0 spiro atoms. The van der Waals surface area contributed by atoms with Gasteiger partial charge >= 0.3 is 0 Å². The predicted molar refractivity (Wildman–Crippen MR) is 163 cm³/mol. The summed E-state index contributed by atoms with van der Waals surface area (Å²) in [6.07, 6.45) is 2.91. The Morgan fingerprint density at radius 1 is 0.825 bits per heavy atom. The molecule has 0 saturated carbocycles. The van der Waals surface area contributed by atoms with E-state index in [9.17, 15) is 4.79 Å². The van der Waals surface area contributed by atoms with E-state index in [1.54, 1.807) is 0 Å². The van der Waals surface area contributed by atoms with Gasteiger partial charge in [0.15, 0.2) is 0 Å². The molecular formula is C35H37N3O2. The topological polar surface area (TPSA) is 56.1 Å².